The van der Waals surface area contributed by atoms with Gasteiger partial charge in [0, 0.05) is 0 Å². The first-order valence-electron chi connectivity index (χ1n) is 3.74. The number of rotatable bonds is 2. The van der Waals surface area contributed by atoms with Crippen LogP contribution in [0.1, 0.15) is 12.5 Å². The van der Waals surface area contributed by atoms with E-state index in [1.807, 2.05) is 26.0 Å². The number of aryl methyl sites for hydroxylation is 1. The van der Waals surface area contributed by atoms with Gasteiger partial charge in [0.15, 0.2) is 5.75 Å². The van der Waals surface area contributed by atoms with Crippen molar-refractivity contribution in [2.45, 2.75) is 13.8 Å². The topological polar surface area (TPSA) is 9.23 Å². The third-order valence-corrected chi connectivity index (χ3v) is 2.85. The Hall–Kier alpha value is 0.0400. The van der Waals surface area contributed by atoms with E-state index in [-0.39, 0.29) is 0 Å². The number of hydrogen-bond acceptors (Lipinski definition) is 1. The number of hydrogen-bond donors (Lipinski definition) is 0. The van der Waals surface area contributed by atoms with E-state index >= 15 is 0 Å². The van der Waals surface area contributed by atoms with Gasteiger partial charge in [-0.25, -0.2) is 0 Å². The third-order valence-electron chi connectivity index (χ3n) is 1.53. The van der Waals surface area contributed by atoms with E-state index in [0.717, 1.165) is 19.9 Å². The molecule has 1 rings (SSSR count). The fraction of sp³-hybridized carbons (Fsp3) is 0.333. The smallest absolute Gasteiger partial charge is 0.151 e. The molecule has 1 aromatic rings. The Labute approximate surface area is 91.2 Å². The van der Waals surface area contributed by atoms with Gasteiger partial charge >= 0.3 is 0 Å². The molecule has 0 aliphatic carbocycles. The first-order valence-corrected chi connectivity index (χ1v) is 5.20. The summed E-state index contributed by atoms with van der Waals surface area (Å²) in [7, 11) is 0. The normalized spacial score (nSPS) is 10.0. The van der Waals surface area contributed by atoms with Crippen LogP contribution in [-0.4, -0.2) is 6.61 Å². The zero-order valence-corrected chi connectivity index (χ0v) is 9.94. The van der Waals surface area contributed by atoms with Crippen molar-refractivity contribution in [2.75, 3.05) is 6.61 Å². The monoisotopic (exact) mass is 296 g/mol. The number of halogens is 2. The molecule has 0 unspecified atom stereocenters. The summed E-state index contributed by atoms with van der Waals surface area (Å²) in [5, 5.41) is 0.726. The summed E-state index contributed by atoms with van der Waals surface area (Å²) >= 11 is 8.26. The second-order valence-corrected chi connectivity index (χ2v) is 3.98. The summed E-state index contributed by atoms with van der Waals surface area (Å²) in [5.74, 6) is 0.805. The highest BCUT2D eigenvalue weighted by Crippen LogP contribution is 2.32. The van der Waals surface area contributed by atoms with Gasteiger partial charge in [0.1, 0.15) is 0 Å². The van der Waals surface area contributed by atoms with Crippen molar-refractivity contribution in [3.8, 4) is 5.75 Å². The molecular weight excluding hydrogens is 286 g/mol. The van der Waals surface area contributed by atoms with Gasteiger partial charge in [0.05, 0.1) is 15.2 Å². The highest BCUT2D eigenvalue weighted by Gasteiger charge is 2.07. The van der Waals surface area contributed by atoms with E-state index in [1.54, 1.807) is 0 Å². The minimum absolute atomic E-state index is 0.652. The van der Waals surface area contributed by atoms with Crippen LogP contribution in [0, 0.1) is 10.5 Å². The number of ether oxygens (including phenoxy) is 1. The van der Waals surface area contributed by atoms with Gasteiger partial charge in [-0.1, -0.05) is 17.7 Å². The molecule has 0 saturated carbocycles. The first kappa shape index (κ1) is 10.1. The van der Waals surface area contributed by atoms with Crippen LogP contribution in [0.3, 0.4) is 0 Å². The van der Waals surface area contributed by atoms with E-state index in [1.165, 1.54) is 0 Å². The SMILES string of the molecule is CCOc1c(I)ccc(C)c1Cl. The molecule has 0 heterocycles. The Morgan fingerprint density at radius 3 is 2.75 bits per heavy atom. The molecule has 1 aromatic carbocycles. The summed E-state index contributed by atoms with van der Waals surface area (Å²) in [6.45, 7) is 4.58. The highest BCUT2D eigenvalue weighted by atomic mass is 127. The lowest BCUT2D eigenvalue weighted by Crippen LogP contribution is -1.95. The zero-order valence-electron chi connectivity index (χ0n) is 7.03. The minimum Gasteiger partial charge on any atom is -0.491 e. The van der Waals surface area contributed by atoms with E-state index < -0.39 is 0 Å². The van der Waals surface area contributed by atoms with Crippen LogP contribution in [-0.2, 0) is 0 Å². The fourth-order valence-electron chi connectivity index (χ4n) is 0.908. The predicted molar refractivity (Wildman–Crippen MR) is 60.1 cm³/mol. The van der Waals surface area contributed by atoms with Crippen molar-refractivity contribution >= 4 is 34.2 Å². The summed E-state index contributed by atoms with van der Waals surface area (Å²) < 4.78 is 6.47. The molecule has 0 aromatic heterocycles. The molecule has 1 nitrogen and oxygen atoms in total. The average molecular weight is 297 g/mol. The lowest BCUT2D eigenvalue weighted by molar-refractivity contribution is 0.338. The third kappa shape index (κ3) is 2.04. The van der Waals surface area contributed by atoms with Crippen molar-refractivity contribution < 1.29 is 4.74 Å². The molecule has 3 heteroatoms. The first-order chi connectivity index (χ1) is 5.66. The molecular formula is C9H10ClIO. The van der Waals surface area contributed by atoms with Crippen LogP contribution in [0.25, 0.3) is 0 Å². The second kappa shape index (κ2) is 4.33. The van der Waals surface area contributed by atoms with Crippen LogP contribution in [0.2, 0.25) is 5.02 Å². The van der Waals surface area contributed by atoms with Crippen molar-refractivity contribution in [3.63, 3.8) is 0 Å². The van der Waals surface area contributed by atoms with Crippen LogP contribution < -0.4 is 4.74 Å². The van der Waals surface area contributed by atoms with Gasteiger partial charge in [0.2, 0.25) is 0 Å². The molecule has 0 fully saturated rings. The quantitative estimate of drug-likeness (QED) is 0.757. The zero-order chi connectivity index (χ0) is 9.14. The van der Waals surface area contributed by atoms with Gasteiger partial charge in [-0.3, -0.25) is 0 Å². The Morgan fingerprint density at radius 1 is 1.50 bits per heavy atom. The van der Waals surface area contributed by atoms with Crippen LogP contribution in [0.15, 0.2) is 12.1 Å². The van der Waals surface area contributed by atoms with Crippen molar-refractivity contribution in [1.29, 1.82) is 0 Å². The summed E-state index contributed by atoms with van der Waals surface area (Å²) in [5.41, 5.74) is 1.06. The van der Waals surface area contributed by atoms with Crippen molar-refractivity contribution in [2.24, 2.45) is 0 Å². The number of benzene rings is 1. The van der Waals surface area contributed by atoms with Gasteiger partial charge in [-0.2, -0.15) is 0 Å². The minimum atomic E-state index is 0.652. The van der Waals surface area contributed by atoms with E-state index in [0.29, 0.717) is 6.61 Å². The van der Waals surface area contributed by atoms with E-state index in [4.69, 9.17) is 16.3 Å². The fourth-order valence-corrected chi connectivity index (χ4v) is 1.89. The maximum absolute atomic E-state index is 6.05. The van der Waals surface area contributed by atoms with Crippen LogP contribution >= 0.6 is 34.2 Å². The Kier molecular flexibility index (Phi) is 3.65. The summed E-state index contributed by atoms with van der Waals surface area (Å²) in [6, 6.07) is 4.00. The summed E-state index contributed by atoms with van der Waals surface area (Å²) in [4.78, 5) is 0. The molecule has 0 N–H and O–H groups in total. The van der Waals surface area contributed by atoms with E-state index in [2.05, 4.69) is 22.6 Å². The van der Waals surface area contributed by atoms with Crippen molar-refractivity contribution in [1.82, 2.24) is 0 Å². The molecule has 0 aliphatic heterocycles. The Balaban J connectivity index is 3.14. The molecule has 0 spiro atoms. The van der Waals surface area contributed by atoms with Gasteiger partial charge in [-0.15, -0.1) is 0 Å². The van der Waals surface area contributed by atoms with Crippen LogP contribution in [0.5, 0.6) is 5.75 Å². The van der Waals surface area contributed by atoms with Gasteiger partial charge < -0.3 is 4.74 Å². The average Bonchev–Trinajstić information content (AvgIpc) is 2.06. The molecule has 0 atom stereocenters. The van der Waals surface area contributed by atoms with Crippen LogP contribution in [0.4, 0.5) is 0 Å². The Morgan fingerprint density at radius 2 is 2.17 bits per heavy atom. The lowest BCUT2D eigenvalue weighted by Gasteiger charge is -2.09. The van der Waals surface area contributed by atoms with Gasteiger partial charge in [-0.05, 0) is 48.1 Å². The summed E-state index contributed by atoms with van der Waals surface area (Å²) in [6.07, 6.45) is 0. The largest absolute Gasteiger partial charge is 0.491 e. The van der Waals surface area contributed by atoms with Crippen molar-refractivity contribution in [3.05, 3.63) is 26.3 Å². The second-order valence-electron chi connectivity index (χ2n) is 2.44. The van der Waals surface area contributed by atoms with Gasteiger partial charge in [0.25, 0.3) is 0 Å². The van der Waals surface area contributed by atoms with E-state index in [9.17, 15) is 0 Å². The predicted octanol–water partition coefficient (Wildman–Crippen LogP) is 3.65. The molecule has 0 aliphatic rings. The lowest BCUT2D eigenvalue weighted by atomic mass is 10.2. The standard InChI is InChI=1S/C9H10ClIO/c1-3-12-9-7(11)5-4-6(2)8(9)10/h4-5H,3H2,1-2H3. The Bertz CT molecular complexity index is 286. The molecule has 66 valence electrons. The molecule has 0 bridgehead atoms. The molecule has 12 heavy (non-hydrogen) atoms. The molecule has 0 amide bonds. The highest BCUT2D eigenvalue weighted by molar-refractivity contribution is 14.1. The maximum Gasteiger partial charge on any atom is 0.151 e. The molecule has 0 saturated heterocycles. The maximum atomic E-state index is 6.05. The molecule has 0 radical (unpaired) electrons.